The summed E-state index contributed by atoms with van der Waals surface area (Å²) in [6.45, 7) is 8.82. The van der Waals surface area contributed by atoms with Crippen LogP contribution >= 0.6 is 0 Å². The van der Waals surface area contributed by atoms with Crippen LogP contribution in [0, 0.1) is 29.6 Å². The lowest BCUT2D eigenvalue weighted by Gasteiger charge is -2.31. The van der Waals surface area contributed by atoms with Crippen molar-refractivity contribution >= 4 is 35.0 Å². The zero-order chi connectivity index (χ0) is 41.5. The SMILES string of the molecule is COC(=O)NC(C(=O)N1CCCC1c1ncc(C#Cc2ccc(-c3ccc4nc(C5CCCN5C(=O)C(NC(=O)OC)C(C)C)[nH]c4c3)c3c2C2CCC2C3)[nH]1)C(C)C. The summed E-state index contributed by atoms with van der Waals surface area (Å²) in [5.74, 6) is 8.90. The number of likely N-dealkylation sites (tertiary alicyclic amines) is 2. The Hall–Kier alpha value is -5.84. The van der Waals surface area contributed by atoms with Crippen molar-refractivity contribution in [2.75, 3.05) is 27.3 Å². The fourth-order valence-electron chi connectivity index (χ4n) is 9.59. The predicted octanol–water partition coefficient (Wildman–Crippen LogP) is 6.49. The number of carbonyl (C=O) groups excluding carboxylic acids is 4. The Morgan fingerprint density at radius 2 is 1.44 bits per heavy atom. The Kier molecular flexibility index (Phi) is 11.1. The third-order valence-electron chi connectivity index (χ3n) is 12.8. The minimum Gasteiger partial charge on any atom is -0.453 e. The number of imidazole rings is 2. The molecule has 2 saturated heterocycles. The van der Waals surface area contributed by atoms with Crippen molar-refractivity contribution in [1.82, 2.24) is 40.4 Å². The number of aromatic amines is 2. The van der Waals surface area contributed by atoms with Crippen LogP contribution in [0.1, 0.15) is 118 Å². The topological polar surface area (TPSA) is 175 Å². The minimum atomic E-state index is -0.696. The van der Waals surface area contributed by atoms with E-state index in [1.165, 1.54) is 37.3 Å². The number of alkyl carbamates (subject to hydrolysis) is 2. The number of carbonyl (C=O) groups is 4. The molecular formula is C45H54N8O6. The molecule has 0 spiro atoms. The van der Waals surface area contributed by atoms with Gasteiger partial charge in [-0.25, -0.2) is 19.6 Å². The van der Waals surface area contributed by atoms with Crippen LogP contribution < -0.4 is 10.6 Å². The number of amides is 4. The lowest BCUT2D eigenvalue weighted by molar-refractivity contribution is -0.136. The van der Waals surface area contributed by atoms with Gasteiger partial charge >= 0.3 is 12.2 Å². The van der Waals surface area contributed by atoms with Crippen LogP contribution in [0.4, 0.5) is 9.59 Å². The normalized spacial score (nSPS) is 21.7. The Balaban J connectivity index is 1.03. The number of H-pyrrole nitrogens is 2. The first-order valence-corrected chi connectivity index (χ1v) is 21.0. The summed E-state index contributed by atoms with van der Waals surface area (Å²) in [6, 6.07) is 8.87. The maximum absolute atomic E-state index is 13.7. The highest BCUT2D eigenvalue weighted by Crippen LogP contribution is 2.54. The van der Waals surface area contributed by atoms with Crippen LogP contribution in [0.5, 0.6) is 0 Å². The molecule has 4 aromatic rings. The number of rotatable bonds is 9. The summed E-state index contributed by atoms with van der Waals surface area (Å²) >= 11 is 0. The van der Waals surface area contributed by atoms with Crippen LogP contribution in [0.3, 0.4) is 0 Å². The molecule has 3 fully saturated rings. The molecule has 0 bridgehead atoms. The van der Waals surface area contributed by atoms with Gasteiger partial charge in [0.25, 0.3) is 0 Å². The predicted molar refractivity (Wildman–Crippen MR) is 221 cm³/mol. The molecule has 59 heavy (non-hydrogen) atoms. The Morgan fingerprint density at radius 1 is 0.797 bits per heavy atom. The molecule has 2 aliphatic heterocycles. The molecule has 6 unspecified atom stereocenters. The van der Waals surface area contributed by atoms with Crippen molar-refractivity contribution in [1.29, 1.82) is 0 Å². The summed E-state index contributed by atoms with van der Waals surface area (Å²) in [6.07, 6.45) is 7.14. The monoisotopic (exact) mass is 802 g/mol. The van der Waals surface area contributed by atoms with Crippen LogP contribution in [0.2, 0.25) is 0 Å². The van der Waals surface area contributed by atoms with E-state index in [-0.39, 0.29) is 35.7 Å². The van der Waals surface area contributed by atoms with E-state index in [0.29, 0.717) is 36.4 Å². The van der Waals surface area contributed by atoms with Crippen LogP contribution in [-0.4, -0.2) is 93.1 Å². The molecule has 2 aromatic heterocycles. The van der Waals surface area contributed by atoms with Crippen molar-refractivity contribution in [2.24, 2.45) is 17.8 Å². The number of methoxy groups -OCH3 is 2. The van der Waals surface area contributed by atoms with Gasteiger partial charge in [-0.2, -0.15) is 0 Å². The molecule has 2 aromatic carbocycles. The number of nitrogens with zero attached hydrogens (tertiary/aromatic N) is 4. The van der Waals surface area contributed by atoms with Gasteiger partial charge in [0.05, 0.1) is 43.5 Å². The average Bonchev–Trinajstić information content (AvgIpc) is 4.07. The van der Waals surface area contributed by atoms with E-state index in [1.54, 1.807) is 11.1 Å². The highest BCUT2D eigenvalue weighted by atomic mass is 16.5. The van der Waals surface area contributed by atoms with Gasteiger partial charge in [-0.3, -0.25) is 9.59 Å². The third-order valence-corrected chi connectivity index (χ3v) is 12.8. The minimum absolute atomic E-state index is 0.108. The smallest absolute Gasteiger partial charge is 0.407 e. The maximum atomic E-state index is 13.7. The summed E-state index contributed by atoms with van der Waals surface area (Å²) < 4.78 is 9.58. The second kappa shape index (κ2) is 16.4. The van der Waals surface area contributed by atoms with Crippen LogP contribution in [0.25, 0.3) is 22.2 Å². The lowest BCUT2D eigenvalue weighted by atomic mass is 9.73. The standard InChI is InChI=1S/C45H54N8O6/c1-24(2)38(50-44(56)58-5)42(54)52-19-7-9-35(52)40-46-23-29(47-40)15-11-26-12-16-30(32-21-27-13-17-31(27)37(26)32)28-14-18-33-34(22-28)49-41(48-33)36-10-8-20-53(36)43(55)39(25(3)4)51-45(57)59-6/h12,14,16,18,22-25,27,31,35-36,38-39H,7-10,13,17,19-21H2,1-6H3,(H,46,47)(H,48,49)(H,50,56)(H,51,57). The van der Waals surface area contributed by atoms with E-state index < -0.39 is 24.3 Å². The number of fused-ring (bicyclic) bond motifs is 4. The molecule has 1 saturated carbocycles. The third kappa shape index (κ3) is 7.63. The van der Waals surface area contributed by atoms with E-state index in [4.69, 9.17) is 14.5 Å². The van der Waals surface area contributed by atoms with Gasteiger partial charge in [-0.1, -0.05) is 45.7 Å². The highest BCUT2D eigenvalue weighted by molar-refractivity contribution is 5.88. The summed E-state index contributed by atoms with van der Waals surface area (Å²) in [5, 5.41) is 5.43. The number of hydrogen-bond donors (Lipinski definition) is 4. The largest absolute Gasteiger partial charge is 0.453 e. The molecule has 14 heteroatoms. The molecule has 4 heterocycles. The number of hydrogen-bond acceptors (Lipinski definition) is 8. The summed E-state index contributed by atoms with van der Waals surface area (Å²) in [5.41, 5.74) is 8.52. The fraction of sp³-hybridized carbons (Fsp3) is 0.511. The first-order chi connectivity index (χ1) is 28.4. The molecule has 14 nitrogen and oxygen atoms in total. The first-order valence-electron chi connectivity index (χ1n) is 21.0. The average molecular weight is 803 g/mol. The van der Waals surface area contributed by atoms with Crippen molar-refractivity contribution < 1.29 is 28.7 Å². The fourth-order valence-corrected chi connectivity index (χ4v) is 9.59. The zero-order valence-electron chi connectivity index (χ0n) is 34.7. The number of aromatic nitrogens is 4. The van der Waals surface area contributed by atoms with E-state index in [2.05, 4.69) is 67.8 Å². The molecule has 4 amide bonds. The Morgan fingerprint density at radius 3 is 2.03 bits per heavy atom. The van der Waals surface area contributed by atoms with Gasteiger partial charge in [0.1, 0.15) is 29.4 Å². The Bertz CT molecular complexity index is 2340. The molecule has 310 valence electrons. The first kappa shape index (κ1) is 40.0. The molecule has 6 atom stereocenters. The molecule has 4 N–H and O–H groups in total. The van der Waals surface area contributed by atoms with Gasteiger partial charge in [-0.05, 0) is 115 Å². The molecule has 2 aliphatic carbocycles. The Labute approximate surface area is 344 Å². The second-order valence-electron chi connectivity index (χ2n) is 17.1. The number of ether oxygens (including phenoxy) is 2. The maximum Gasteiger partial charge on any atom is 0.407 e. The van der Waals surface area contributed by atoms with Gasteiger partial charge in [0.15, 0.2) is 0 Å². The highest BCUT2D eigenvalue weighted by Gasteiger charge is 2.42. The molecule has 0 radical (unpaired) electrons. The van der Waals surface area contributed by atoms with Crippen molar-refractivity contribution in [3.8, 4) is 23.0 Å². The lowest BCUT2D eigenvalue weighted by Crippen LogP contribution is -2.51. The van der Waals surface area contributed by atoms with Crippen LogP contribution in [0.15, 0.2) is 36.5 Å². The van der Waals surface area contributed by atoms with E-state index >= 15 is 0 Å². The van der Waals surface area contributed by atoms with Crippen LogP contribution in [-0.2, 0) is 25.5 Å². The second-order valence-corrected chi connectivity index (χ2v) is 17.1. The van der Waals surface area contributed by atoms with Gasteiger partial charge in [0, 0.05) is 18.7 Å². The van der Waals surface area contributed by atoms with Gasteiger partial charge in [0.2, 0.25) is 11.8 Å². The quantitative estimate of drug-likeness (QED) is 0.139. The van der Waals surface area contributed by atoms with Crippen molar-refractivity contribution in [3.63, 3.8) is 0 Å². The molecule has 8 rings (SSSR count). The van der Waals surface area contributed by atoms with E-state index in [1.807, 2.05) is 32.6 Å². The molecular weight excluding hydrogens is 749 g/mol. The number of benzene rings is 2. The summed E-state index contributed by atoms with van der Waals surface area (Å²) in [7, 11) is 2.59. The zero-order valence-corrected chi connectivity index (χ0v) is 34.7. The van der Waals surface area contributed by atoms with E-state index in [0.717, 1.165) is 66.5 Å². The van der Waals surface area contributed by atoms with Gasteiger partial charge < -0.3 is 39.9 Å². The molecule has 4 aliphatic rings. The number of nitrogens with one attached hydrogen (secondary N) is 4. The van der Waals surface area contributed by atoms with Crippen molar-refractivity contribution in [2.45, 2.75) is 103 Å². The van der Waals surface area contributed by atoms with Crippen molar-refractivity contribution in [3.05, 3.63) is 70.6 Å². The van der Waals surface area contributed by atoms with Gasteiger partial charge in [-0.15, -0.1) is 0 Å². The van der Waals surface area contributed by atoms with E-state index in [9.17, 15) is 19.2 Å². The summed E-state index contributed by atoms with van der Waals surface area (Å²) in [4.78, 5) is 71.6.